The lowest BCUT2D eigenvalue weighted by Gasteiger charge is -2.23. The molecule has 0 amide bonds. The van der Waals surface area contributed by atoms with Crippen LogP contribution in [0.1, 0.15) is 12.5 Å². The first kappa shape index (κ1) is 12.1. The molecule has 1 aromatic rings. The molecular weight excluding hydrogens is 200 g/mol. The highest BCUT2D eigenvalue weighted by molar-refractivity contribution is 5.20. The lowest BCUT2D eigenvalue weighted by molar-refractivity contribution is 0.0613. The van der Waals surface area contributed by atoms with E-state index in [0.29, 0.717) is 6.54 Å². The van der Waals surface area contributed by atoms with Gasteiger partial charge in [0.1, 0.15) is 11.6 Å². The highest BCUT2D eigenvalue weighted by Gasteiger charge is 2.21. The average Bonchev–Trinajstić information content (AvgIpc) is 2.10. The monoisotopic (exact) mass is 215 g/mol. The standard InChI is InChI=1S/C11H15F2NO/c1-11(15,7-14-2)6-8-5-9(12)3-4-10(8)13/h3-5,14-15H,6-7H2,1-2H3. The molecular formula is C11H15F2NO. The van der Waals surface area contributed by atoms with E-state index in [4.69, 9.17) is 0 Å². The van der Waals surface area contributed by atoms with E-state index in [0.717, 1.165) is 18.2 Å². The van der Waals surface area contributed by atoms with Crippen LogP contribution < -0.4 is 5.32 Å². The van der Waals surface area contributed by atoms with Crippen LogP contribution in [0.25, 0.3) is 0 Å². The molecule has 0 fully saturated rings. The van der Waals surface area contributed by atoms with Crippen molar-refractivity contribution in [3.05, 3.63) is 35.4 Å². The summed E-state index contributed by atoms with van der Waals surface area (Å²) in [5.74, 6) is -0.987. The van der Waals surface area contributed by atoms with Crippen molar-refractivity contribution in [3.8, 4) is 0 Å². The molecule has 0 aliphatic carbocycles. The van der Waals surface area contributed by atoms with E-state index in [1.165, 1.54) is 0 Å². The van der Waals surface area contributed by atoms with E-state index in [9.17, 15) is 13.9 Å². The van der Waals surface area contributed by atoms with E-state index >= 15 is 0 Å². The van der Waals surface area contributed by atoms with Gasteiger partial charge in [-0.2, -0.15) is 0 Å². The van der Waals surface area contributed by atoms with Crippen molar-refractivity contribution in [3.63, 3.8) is 0 Å². The van der Waals surface area contributed by atoms with Crippen LogP contribution in [-0.4, -0.2) is 24.3 Å². The lowest BCUT2D eigenvalue weighted by Crippen LogP contribution is -2.38. The van der Waals surface area contributed by atoms with Crippen molar-refractivity contribution in [2.45, 2.75) is 18.9 Å². The maximum atomic E-state index is 13.2. The van der Waals surface area contributed by atoms with Crippen molar-refractivity contribution in [1.29, 1.82) is 0 Å². The molecule has 1 atom stereocenters. The molecule has 1 aromatic carbocycles. The van der Waals surface area contributed by atoms with Crippen LogP contribution in [0.2, 0.25) is 0 Å². The van der Waals surface area contributed by atoms with Crippen LogP contribution in [0.15, 0.2) is 18.2 Å². The second-order valence-electron chi connectivity index (χ2n) is 3.94. The molecule has 0 aromatic heterocycles. The number of aliphatic hydroxyl groups is 1. The zero-order valence-corrected chi connectivity index (χ0v) is 8.85. The molecule has 15 heavy (non-hydrogen) atoms. The number of halogens is 2. The average molecular weight is 215 g/mol. The fourth-order valence-corrected chi connectivity index (χ4v) is 1.53. The van der Waals surface area contributed by atoms with Gasteiger partial charge in [0.25, 0.3) is 0 Å². The lowest BCUT2D eigenvalue weighted by atomic mass is 9.96. The second-order valence-corrected chi connectivity index (χ2v) is 3.94. The molecule has 0 saturated heterocycles. The Kier molecular flexibility index (Phi) is 3.77. The van der Waals surface area contributed by atoms with Gasteiger partial charge < -0.3 is 10.4 Å². The van der Waals surface area contributed by atoms with Gasteiger partial charge in [-0.25, -0.2) is 8.78 Å². The van der Waals surface area contributed by atoms with Gasteiger partial charge in [-0.1, -0.05) is 0 Å². The first-order valence-corrected chi connectivity index (χ1v) is 4.75. The van der Waals surface area contributed by atoms with Gasteiger partial charge in [0.15, 0.2) is 0 Å². The molecule has 1 rings (SSSR count). The van der Waals surface area contributed by atoms with Gasteiger partial charge >= 0.3 is 0 Å². The number of likely N-dealkylation sites (N-methyl/N-ethyl adjacent to an activating group) is 1. The summed E-state index contributed by atoms with van der Waals surface area (Å²) in [6, 6.07) is 3.24. The predicted octanol–water partition coefficient (Wildman–Crippen LogP) is 1.48. The summed E-state index contributed by atoms with van der Waals surface area (Å²) in [5, 5.41) is 12.6. The van der Waals surface area contributed by atoms with Crippen LogP contribution in [0.3, 0.4) is 0 Å². The van der Waals surface area contributed by atoms with Crippen LogP contribution in [0.4, 0.5) is 8.78 Å². The summed E-state index contributed by atoms with van der Waals surface area (Å²) in [6.07, 6.45) is 0.0808. The molecule has 0 aliphatic rings. The molecule has 4 heteroatoms. The van der Waals surface area contributed by atoms with Gasteiger partial charge in [0.05, 0.1) is 5.60 Å². The zero-order chi connectivity index (χ0) is 11.5. The minimum atomic E-state index is -1.08. The minimum absolute atomic E-state index is 0.0808. The fourth-order valence-electron chi connectivity index (χ4n) is 1.53. The Balaban J connectivity index is 2.83. The van der Waals surface area contributed by atoms with Gasteiger partial charge in [-0.15, -0.1) is 0 Å². The third kappa shape index (κ3) is 3.57. The quantitative estimate of drug-likeness (QED) is 0.797. The van der Waals surface area contributed by atoms with Crippen LogP contribution in [0, 0.1) is 11.6 Å². The van der Waals surface area contributed by atoms with Gasteiger partial charge in [0, 0.05) is 13.0 Å². The highest BCUT2D eigenvalue weighted by atomic mass is 19.1. The van der Waals surface area contributed by atoms with Crippen molar-refractivity contribution in [2.24, 2.45) is 0 Å². The van der Waals surface area contributed by atoms with Crippen molar-refractivity contribution >= 4 is 0 Å². The summed E-state index contributed by atoms with van der Waals surface area (Å²) >= 11 is 0. The largest absolute Gasteiger partial charge is 0.389 e. The molecule has 0 saturated carbocycles. The van der Waals surface area contributed by atoms with Crippen LogP contribution in [-0.2, 0) is 6.42 Å². The summed E-state index contributed by atoms with van der Waals surface area (Å²) in [7, 11) is 1.69. The van der Waals surface area contributed by atoms with E-state index in [1.807, 2.05) is 0 Å². The first-order chi connectivity index (χ1) is 6.94. The maximum absolute atomic E-state index is 13.2. The molecule has 2 nitrogen and oxygen atoms in total. The molecule has 0 bridgehead atoms. The first-order valence-electron chi connectivity index (χ1n) is 4.75. The van der Waals surface area contributed by atoms with Crippen molar-refractivity contribution in [1.82, 2.24) is 5.32 Å². The Labute approximate surface area is 87.9 Å². The normalized spacial score (nSPS) is 15.0. The number of rotatable bonds is 4. The summed E-state index contributed by atoms with van der Waals surface area (Å²) < 4.78 is 26.1. The minimum Gasteiger partial charge on any atom is -0.389 e. The van der Waals surface area contributed by atoms with E-state index in [-0.39, 0.29) is 12.0 Å². The summed E-state index contributed by atoms with van der Waals surface area (Å²) in [5.41, 5.74) is -0.890. The van der Waals surface area contributed by atoms with Crippen molar-refractivity contribution < 1.29 is 13.9 Å². The van der Waals surface area contributed by atoms with Crippen molar-refractivity contribution in [2.75, 3.05) is 13.6 Å². The van der Waals surface area contributed by atoms with E-state index in [2.05, 4.69) is 5.32 Å². The number of benzene rings is 1. The summed E-state index contributed by atoms with van der Waals surface area (Å²) in [4.78, 5) is 0. The van der Waals surface area contributed by atoms with Crippen LogP contribution in [0.5, 0.6) is 0 Å². The fraction of sp³-hybridized carbons (Fsp3) is 0.455. The number of nitrogens with one attached hydrogen (secondary N) is 1. The van der Waals surface area contributed by atoms with E-state index < -0.39 is 17.2 Å². The van der Waals surface area contributed by atoms with E-state index in [1.54, 1.807) is 14.0 Å². The number of hydrogen-bond donors (Lipinski definition) is 2. The molecule has 1 unspecified atom stereocenters. The Morgan fingerprint density at radius 2 is 2.07 bits per heavy atom. The topological polar surface area (TPSA) is 32.3 Å². The summed E-state index contributed by atoms with van der Waals surface area (Å²) in [6.45, 7) is 1.90. The molecule has 0 spiro atoms. The third-order valence-electron chi connectivity index (χ3n) is 2.14. The zero-order valence-electron chi connectivity index (χ0n) is 8.85. The smallest absolute Gasteiger partial charge is 0.126 e. The van der Waals surface area contributed by atoms with Gasteiger partial charge in [0.2, 0.25) is 0 Å². The predicted molar refractivity (Wildman–Crippen MR) is 54.6 cm³/mol. The Morgan fingerprint density at radius 1 is 1.40 bits per heavy atom. The molecule has 2 N–H and O–H groups in total. The maximum Gasteiger partial charge on any atom is 0.126 e. The van der Waals surface area contributed by atoms with Gasteiger partial charge in [-0.05, 0) is 37.7 Å². The SMILES string of the molecule is CNCC(C)(O)Cc1cc(F)ccc1F. The van der Waals surface area contributed by atoms with Crippen LogP contribution >= 0.6 is 0 Å². The highest BCUT2D eigenvalue weighted by Crippen LogP contribution is 2.16. The second kappa shape index (κ2) is 4.68. The Morgan fingerprint density at radius 3 is 2.67 bits per heavy atom. The molecule has 84 valence electrons. The molecule has 0 aliphatic heterocycles. The third-order valence-corrected chi connectivity index (χ3v) is 2.14. The Bertz CT molecular complexity index is 339. The Hall–Kier alpha value is -1.00. The van der Waals surface area contributed by atoms with Gasteiger partial charge in [-0.3, -0.25) is 0 Å². The molecule has 0 radical (unpaired) electrons. The number of hydrogen-bond acceptors (Lipinski definition) is 2. The molecule has 0 heterocycles.